The van der Waals surface area contributed by atoms with E-state index in [2.05, 4.69) is 11.2 Å². The van der Waals surface area contributed by atoms with Crippen molar-refractivity contribution in [1.82, 2.24) is 5.32 Å². The summed E-state index contributed by atoms with van der Waals surface area (Å²) in [6.07, 6.45) is 5.33. The number of hydrogen-bond acceptors (Lipinski definition) is 3. The number of halogens is 1. The van der Waals surface area contributed by atoms with E-state index in [1.54, 1.807) is 0 Å². The third-order valence-electron chi connectivity index (χ3n) is 2.32. The van der Waals surface area contributed by atoms with Crippen LogP contribution in [0.15, 0.2) is 18.2 Å². The van der Waals surface area contributed by atoms with E-state index in [0.717, 1.165) is 0 Å². The maximum atomic E-state index is 10.6. The van der Waals surface area contributed by atoms with Gasteiger partial charge in [-0.3, -0.25) is 15.4 Å². The lowest BCUT2D eigenvalue weighted by Gasteiger charge is -2.19. The lowest BCUT2D eigenvalue weighted by atomic mass is 10.1. The van der Waals surface area contributed by atoms with Crippen molar-refractivity contribution >= 4 is 17.3 Å². The van der Waals surface area contributed by atoms with Gasteiger partial charge in [0.15, 0.2) is 0 Å². The van der Waals surface area contributed by atoms with E-state index >= 15 is 0 Å². The first-order valence-corrected chi connectivity index (χ1v) is 5.39. The van der Waals surface area contributed by atoms with E-state index in [1.165, 1.54) is 18.2 Å². The first kappa shape index (κ1) is 13.5. The monoisotopic (exact) mass is 252 g/mol. The predicted molar refractivity (Wildman–Crippen MR) is 67.9 cm³/mol. The SMILES string of the molecule is C#CC(C)(C)NCc1cc([N+](=O)[O-])ccc1Cl. The molecule has 0 radical (unpaired) electrons. The van der Waals surface area contributed by atoms with E-state index < -0.39 is 10.5 Å². The van der Waals surface area contributed by atoms with Gasteiger partial charge in [-0.05, 0) is 25.5 Å². The number of non-ortho nitro benzene ring substituents is 1. The van der Waals surface area contributed by atoms with E-state index in [4.69, 9.17) is 18.0 Å². The van der Waals surface area contributed by atoms with Crippen LogP contribution in [-0.2, 0) is 6.54 Å². The van der Waals surface area contributed by atoms with Crippen molar-refractivity contribution in [2.24, 2.45) is 0 Å². The number of terminal acetylenes is 1. The van der Waals surface area contributed by atoms with Crippen molar-refractivity contribution in [3.8, 4) is 12.3 Å². The highest BCUT2D eigenvalue weighted by Crippen LogP contribution is 2.22. The van der Waals surface area contributed by atoms with Gasteiger partial charge in [0, 0.05) is 23.7 Å². The Morgan fingerprint density at radius 2 is 2.24 bits per heavy atom. The Bertz CT molecular complexity index is 478. The average Bonchev–Trinajstić information content (AvgIpc) is 2.27. The third kappa shape index (κ3) is 3.74. The first-order valence-electron chi connectivity index (χ1n) is 5.01. The van der Waals surface area contributed by atoms with Crippen LogP contribution in [0, 0.1) is 22.5 Å². The largest absolute Gasteiger partial charge is 0.297 e. The smallest absolute Gasteiger partial charge is 0.269 e. The maximum absolute atomic E-state index is 10.6. The summed E-state index contributed by atoms with van der Waals surface area (Å²) < 4.78 is 0. The topological polar surface area (TPSA) is 55.2 Å². The lowest BCUT2D eigenvalue weighted by molar-refractivity contribution is -0.384. The van der Waals surface area contributed by atoms with Crippen LogP contribution in [0.1, 0.15) is 19.4 Å². The average molecular weight is 253 g/mol. The summed E-state index contributed by atoms with van der Waals surface area (Å²) >= 11 is 5.96. The Morgan fingerprint density at radius 1 is 1.59 bits per heavy atom. The molecule has 0 bridgehead atoms. The molecule has 0 aromatic heterocycles. The van der Waals surface area contributed by atoms with Gasteiger partial charge in [0.1, 0.15) is 0 Å². The minimum atomic E-state index is -0.478. The van der Waals surface area contributed by atoms with Gasteiger partial charge in [-0.25, -0.2) is 0 Å². The highest BCUT2D eigenvalue weighted by atomic mass is 35.5. The minimum absolute atomic E-state index is 0.0183. The molecule has 0 fully saturated rings. The number of benzene rings is 1. The Kier molecular flexibility index (Phi) is 4.11. The Labute approximate surface area is 105 Å². The van der Waals surface area contributed by atoms with Gasteiger partial charge in [0.2, 0.25) is 0 Å². The molecule has 0 saturated carbocycles. The Morgan fingerprint density at radius 3 is 2.76 bits per heavy atom. The van der Waals surface area contributed by atoms with Gasteiger partial charge in [-0.2, -0.15) is 0 Å². The molecule has 1 N–H and O–H groups in total. The molecule has 0 unspecified atom stereocenters. The number of rotatable bonds is 4. The van der Waals surface area contributed by atoms with Crippen LogP contribution >= 0.6 is 11.6 Å². The quantitative estimate of drug-likeness (QED) is 0.509. The molecule has 0 spiro atoms. The van der Waals surface area contributed by atoms with Crippen LogP contribution in [0.3, 0.4) is 0 Å². The zero-order valence-corrected chi connectivity index (χ0v) is 10.4. The van der Waals surface area contributed by atoms with Crippen molar-refractivity contribution in [2.75, 3.05) is 0 Å². The highest BCUT2D eigenvalue weighted by Gasteiger charge is 2.15. The molecule has 1 aromatic carbocycles. The van der Waals surface area contributed by atoms with E-state index in [9.17, 15) is 10.1 Å². The standard InChI is InChI=1S/C12H13ClN2O2/c1-4-12(2,3)14-8-9-7-10(15(16)17)5-6-11(9)13/h1,5-7,14H,8H2,2-3H3. The molecule has 4 nitrogen and oxygen atoms in total. The molecule has 5 heteroatoms. The van der Waals surface area contributed by atoms with Crippen LogP contribution < -0.4 is 5.32 Å². The fourth-order valence-electron chi connectivity index (χ4n) is 1.18. The zero-order valence-electron chi connectivity index (χ0n) is 9.66. The summed E-state index contributed by atoms with van der Waals surface area (Å²) in [5, 5.41) is 14.2. The van der Waals surface area contributed by atoms with Crippen LogP contribution in [0.4, 0.5) is 5.69 Å². The van der Waals surface area contributed by atoms with E-state index in [0.29, 0.717) is 17.1 Å². The van der Waals surface area contributed by atoms with Gasteiger partial charge in [0.25, 0.3) is 5.69 Å². The van der Waals surface area contributed by atoms with Gasteiger partial charge in [-0.15, -0.1) is 6.42 Å². The van der Waals surface area contributed by atoms with Gasteiger partial charge in [-0.1, -0.05) is 17.5 Å². The van der Waals surface area contributed by atoms with Gasteiger partial charge < -0.3 is 0 Å². The molecule has 90 valence electrons. The molecule has 1 aromatic rings. The van der Waals surface area contributed by atoms with Gasteiger partial charge in [0.05, 0.1) is 10.5 Å². The molecule has 17 heavy (non-hydrogen) atoms. The Hall–Kier alpha value is -1.57. The number of hydrogen-bond donors (Lipinski definition) is 1. The number of nitro groups is 1. The van der Waals surface area contributed by atoms with Crippen molar-refractivity contribution in [3.05, 3.63) is 38.9 Å². The zero-order chi connectivity index (χ0) is 13.1. The normalized spacial score (nSPS) is 10.9. The highest BCUT2D eigenvalue weighted by molar-refractivity contribution is 6.31. The number of nitrogens with zero attached hydrogens (tertiary/aromatic N) is 1. The second kappa shape index (κ2) is 5.17. The van der Waals surface area contributed by atoms with Crippen LogP contribution in [0.25, 0.3) is 0 Å². The molecule has 0 aliphatic carbocycles. The van der Waals surface area contributed by atoms with Gasteiger partial charge >= 0.3 is 0 Å². The van der Waals surface area contributed by atoms with Crippen molar-refractivity contribution < 1.29 is 4.92 Å². The Balaban J connectivity index is 2.88. The van der Waals surface area contributed by atoms with E-state index in [-0.39, 0.29) is 5.69 Å². The fraction of sp³-hybridized carbons (Fsp3) is 0.333. The molecule has 0 aliphatic rings. The summed E-state index contributed by atoms with van der Waals surface area (Å²) in [4.78, 5) is 10.2. The minimum Gasteiger partial charge on any atom is -0.297 e. The molecule has 0 atom stereocenters. The van der Waals surface area contributed by atoms with Crippen molar-refractivity contribution in [2.45, 2.75) is 25.9 Å². The van der Waals surface area contributed by atoms with Crippen molar-refractivity contribution in [3.63, 3.8) is 0 Å². The molecule has 1 rings (SSSR count). The van der Waals surface area contributed by atoms with Crippen molar-refractivity contribution in [1.29, 1.82) is 0 Å². The second-order valence-electron chi connectivity index (χ2n) is 4.16. The molecule has 0 aliphatic heterocycles. The first-order chi connectivity index (χ1) is 7.85. The molecule has 0 heterocycles. The molecular weight excluding hydrogens is 240 g/mol. The second-order valence-corrected chi connectivity index (χ2v) is 4.56. The predicted octanol–water partition coefficient (Wildman–Crippen LogP) is 2.75. The summed E-state index contributed by atoms with van der Waals surface area (Å²) in [6.45, 7) is 4.08. The van der Waals surface area contributed by atoms with Crippen LogP contribution in [-0.4, -0.2) is 10.5 Å². The number of nitrogens with one attached hydrogen (secondary N) is 1. The molecule has 0 amide bonds. The fourth-order valence-corrected chi connectivity index (χ4v) is 1.36. The summed E-state index contributed by atoms with van der Waals surface area (Å²) in [6, 6.07) is 4.33. The third-order valence-corrected chi connectivity index (χ3v) is 2.69. The van der Waals surface area contributed by atoms with Crippen LogP contribution in [0.2, 0.25) is 5.02 Å². The maximum Gasteiger partial charge on any atom is 0.269 e. The lowest BCUT2D eigenvalue weighted by Crippen LogP contribution is -2.36. The summed E-state index contributed by atoms with van der Waals surface area (Å²) in [5.41, 5.74) is 0.197. The van der Waals surface area contributed by atoms with Crippen LogP contribution in [0.5, 0.6) is 0 Å². The number of nitro benzene ring substituents is 1. The molecule has 0 saturated heterocycles. The summed E-state index contributed by atoms with van der Waals surface area (Å²) in [5.74, 6) is 2.58. The summed E-state index contributed by atoms with van der Waals surface area (Å²) in [7, 11) is 0. The molecular formula is C12H13ClN2O2. The van der Waals surface area contributed by atoms with E-state index in [1.807, 2.05) is 13.8 Å².